The van der Waals surface area contributed by atoms with E-state index in [9.17, 15) is 4.79 Å². The summed E-state index contributed by atoms with van der Waals surface area (Å²) in [5, 5.41) is 0.677. The number of thioether (sulfide) groups is 1. The SMILES string of the molecule is COCCCn1c(C)cc(C(=O)CSc2nc3cc(Cl)ccc3s2)c1C. The van der Waals surface area contributed by atoms with E-state index in [1.54, 1.807) is 18.4 Å². The highest BCUT2D eigenvalue weighted by molar-refractivity contribution is 8.01. The number of thiazole rings is 1. The van der Waals surface area contributed by atoms with Crippen molar-refractivity contribution in [2.45, 2.75) is 31.2 Å². The molecule has 0 aliphatic carbocycles. The van der Waals surface area contributed by atoms with Crippen LogP contribution in [0.5, 0.6) is 0 Å². The highest BCUT2D eigenvalue weighted by Crippen LogP contribution is 2.31. The Labute approximate surface area is 166 Å². The van der Waals surface area contributed by atoms with E-state index in [4.69, 9.17) is 16.3 Å². The number of aryl methyl sites for hydroxylation is 1. The number of rotatable bonds is 8. The predicted octanol–water partition coefficient (Wildman–Crippen LogP) is 5.38. The lowest BCUT2D eigenvalue weighted by molar-refractivity contribution is 0.102. The zero-order valence-corrected chi connectivity index (χ0v) is 17.4. The number of ether oxygens (including phenoxy) is 1. The first-order valence-electron chi connectivity index (χ1n) is 8.37. The van der Waals surface area contributed by atoms with E-state index in [-0.39, 0.29) is 5.78 Å². The summed E-state index contributed by atoms with van der Waals surface area (Å²) < 4.78 is 9.29. The van der Waals surface area contributed by atoms with Crippen molar-refractivity contribution in [1.82, 2.24) is 9.55 Å². The van der Waals surface area contributed by atoms with Crippen LogP contribution in [0.15, 0.2) is 28.6 Å². The normalized spacial score (nSPS) is 11.4. The third-order valence-corrected chi connectivity index (χ3v) is 6.68. The molecule has 4 nitrogen and oxygen atoms in total. The number of hydrogen-bond donors (Lipinski definition) is 0. The number of aromatic nitrogens is 2. The number of methoxy groups -OCH3 is 1. The molecular weight excluding hydrogens is 388 g/mol. The van der Waals surface area contributed by atoms with Crippen molar-refractivity contribution in [3.8, 4) is 0 Å². The van der Waals surface area contributed by atoms with E-state index in [1.807, 2.05) is 38.1 Å². The minimum Gasteiger partial charge on any atom is -0.385 e. The molecule has 0 bridgehead atoms. The predicted molar refractivity (Wildman–Crippen MR) is 110 cm³/mol. The number of ketones is 1. The molecule has 0 N–H and O–H groups in total. The summed E-state index contributed by atoms with van der Waals surface area (Å²) in [7, 11) is 1.71. The zero-order chi connectivity index (χ0) is 18.7. The van der Waals surface area contributed by atoms with Crippen molar-refractivity contribution >= 4 is 50.7 Å². The first-order chi connectivity index (χ1) is 12.5. The number of benzene rings is 1. The van der Waals surface area contributed by atoms with Crippen LogP contribution in [0.25, 0.3) is 10.2 Å². The summed E-state index contributed by atoms with van der Waals surface area (Å²) in [5.41, 5.74) is 3.83. The monoisotopic (exact) mass is 408 g/mol. The molecule has 0 saturated carbocycles. The molecule has 2 heterocycles. The summed E-state index contributed by atoms with van der Waals surface area (Å²) >= 11 is 9.09. The Kier molecular flexibility index (Phi) is 6.40. The molecule has 0 spiro atoms. The van der Waals surface area contributed by atoms with Crippen LogP contribution in [0.2, 0.25) is 5.02 Å². The molecule has 2 aromatic heterocycles. The maximum absolute atomic E-state index is 12.7. The molecule has 0 amide bonds. The van der Waals surface area contributed by atoms with Gasteiger partial charge in [-0.25, -0.2) is 4.98 Å². The molecule has 0 saturated heterocycles. The largest absolute Gasteiger partial charge is 0.385 e. The molecule has 3 rings (SSSR count). The fourth-order valence-corrected chi connectivity index (χ4v) is 5.04. The second kappa shape index (κ2) is 8.57. The Morgan fingerprint density at radius 3 is 2.92 bits per heavy atom. The van der Waals surface area contributed by atoms with Crippen LogP contribution in [0, 0.1) is 13.8 Å². The molecule has 0 unspecified atom stereocenters. The molecule has 1 aromatic carbocycles. The second-order valence-corrected chi connectivity index (χ2v) is 8.78. The maximum atomic E-state index is 12.7. The van der Waals surface area contributed by atoms with E-state index in [1.165, 1.54) is 11.8 Å². The van der Waals surface area contributed by atoms with E-state index >= 15 is 0 Å². The fraction of sp³-hybridized carbons (Fsp3) is 0.368. The Morgan fingerprint density at radius 2 is 2.15 bits per heavy atom. The third kappa shape index (κ3) is 4.31. The highest BCUT2D eigenvalue weighted by Gasteiger charge is 2.16. The number of halogens is 1. The van der Waals surface area contributed by atoms with E-state index in [0.717, 1.165) is 51.1 Å². The lowest BCUT2D eigenvalue weighted by atomic mass is 10.2. The van der Waals surface area contributed by atoms with Gasteiger partial charge in [-0.15, -0.1) is 11.3 Å². The van der Waals surface area contributed by atoms with E-state index < -0.39 is 0 Å². The third-order valence-electron chi connectivity index (χ3n) is 4.26. The molecule has 7 heteroatoms. The Morgan fingerprint density at radius 1 is 1.35 bits per heavy atom. The van der Waals surface area contributed by atoms with Gasteiger partial charge in [0.15, 0.2) is 10.1 Å². The van der Waals surface area contributed by atoms with Crippen molar-refractivity contribution in [1.29, 1.82) is 0 Å². The van der Waals surface area contributed by atoms with Crippen molar-refractivity contribution in [3.63, 3.8) is 0 Å². The van der Waals surface area contributed by atoms with Gasteiger partial charge in [-0.05, 0) is 44.5 Å². The molecule has 0 aliphatic heterocycles. The topological polar surface area (TPSA) is 44.1 Å². The van der Waals surface area contributed by atoms with Gasteiger partial charge in [0.2, 0.25) is 0 Å². The number of carbonyl (C=O) groups excluding carboxylic acids is 1. The van der Waals surface area contributed by atoms with Gasteiger partial charge in [-0.1, -0.05) is 23.4 Å². The standard InChI is InChI=1S/C19H21ClN2O2S2/c1-12-9-15(13(2)22(12)7-4-8-24-3)17(23)11-25-19-21-16-10-14(20)5-6-18(16)26-19/h5-6,9-10H,4,7-8,11H2,1-3H3. The average molecular weight is 409 g/mol. The van der Waals surface area contributed by atoms with Crippen LogP contribution < -0.4 is 0 Å². The van der Waals surface area contributed by atoms with Gasteiger partial charge in [0, 0.05) is 42.2 Å². The smallest absolute Gasteiger partial charge is 0.174 e. The molecule has 3 aromatic rings. The molecule has 0 aliphatic rings. The van der Waals surface area contributed by atoms with Crippen LogP contribution in [0.1, 0.15) is 28.2 Å². The van der Waals surface area contributed by atoms with Gasteiger partial charge in [0.05, 0.1) is 16.0 Å². The molecule has 0 fully saturated rings. The summed E-state index contributed by atoms with van der Waals surface area (Å²) in [5.74, 6) is 0.522. The van der Waals surface area contributed by atoms with E-state index in [2.05, 4.69) is 9.55 Å². The van der Waals surface area contributed by atoms with Crippen molar-refractivity contribution < 1.29 is 9.53 Å². The highest BCUT2D eigenvalue weighted by atomic mass is 35.5. The van der Waals surface area contributed by atoms with Gasteiger partial charge in [-0.3, -0.25) is 4.79 Å². The Hall–Kier alpha value is -1.34. The van der Waals surface area contributed by atoms with Crippen LogP contribution in [0.3, 0.4) is 0 Å². The number of Topliss-reactive ketones (excluding diaryl/α,β-unsaturated/α-hetero) is 1. The minimum absolute atomic E-state index is 0.137. The average Bonchev–Trinajstić information content (AvgIpc) is 3.14. The van der Waals surface area contributed by atoms with Crippen LogP contribution in [-0.2, 0) is 11.3 Å². The summed E-state index contributed by atoms with van der Waals surface area (Å²) in [4.78, 5) is 17.3. The number of nitrogens with zero attached hydrogens (tertiary/aromatic N) is 2. The summed E-state index contributed by atoms with van der Waals surface area (Å²) in [6.45, 7) is 5.64. The van der Waals surface area contributed by atoms with Crippen molar-refractivity contribution in [2.24, 2.45) is 0 Å². The molecule has 0 radical (unpaired) electrons. The van der Waals surface area contributed by atoms with Gasteiger partial charge in [-0.2, -0.15) is 0 Å². The van der Waals surface area contributed by atoms with E-state index in [0.29, 0.717) is 10.8 Å². The minimum atomic E-state index is 0.137. The first-order valence-corrected chi connectivity index (χ1v) is 10.6. The Bertz CT molecular complexity index is 933. The summed E-state index contributed by atoms with van der Waals surface area (Å²) in [6.07, 6.45) is 0.934. The number of fused-ring (bicyclic) bond motifs is 1. The lowest BCUT2D eigenvalue weighted by Crippen LogP contribution is -2.08. The summed E-state index contributed by atoms with van der Waals surface area (Å²) in [6, 6.07) is 7.67. The van der Waals surface area contributed by atoms with Gasteiger partial charge in [0.1, 0.15) is 0 Å². The second-order valence-electron chi connectivity index (χ2n) is 6.09. The van der Waals surface area contributed by atoms with Gasteiger partial charge < -0.3 is 9.30 Å². The molecule has 138 valence electrons. The Balaban J connectivity index is 1.68. The molecule has 26 heavy (non-hydrogen) atoms. The van der Waals surface area contributed by atoms with Crippen LogP contribution in [-0.4, -0.2) is 34.8 Å². The fourth-order valence-electron chi connectivity index (χ4n) is 2.94. The maximum Gasteiger partial charge on any atom is 0.174 e. The van der Waals surface area contributed by atoms with Crippen molar-refractivity contribution in [3.05, 3.63) is 46.2 Å². The zero-order valence-electron chi connectivity index (χ0n) is 15.0. The van der Waals surface area contributed by atoms with Gasteiger partial charge in [0.25, 0.3) is 0 Å². The van der Waals surface area contributed by atoms with Crippen LogP contribution in [0.4, 0.5) is 0 Å². The first kappa shape index (κ1) is 19.4. The number of hydrogen-bond acceptors (Lipinski definition) is 5. The number of carbonyl (C=O) groups is 1. The molecular formula is C19H21ClN2O2S2. The van der Waals surface area contributed by atoms with Crippen LogP contribution >= 0.6 is 34.7 Å². The molecule has 0 atom stereocenters. The quantitative estimate of drug-likeness (QED) is 0.285. The van der Waals surface area contributed by atoms with Crippen molar-refractivity contribution in [2.75, 3.05) is 19.5 Å². The van der Waals surface area contributed by atoms with Gasteiger partial charge >= 0.3 is 0 Å². The lowest BCUT2D eigenvalue weighted by Gasteiger charge is -2.09.